The zero-order chi connectivity index (χ0) is 13.1. The summed E-state index contributed by atoms with van der Waals surface area (Å²) in [6.45, 7) is 4.54. The van der Waals surface area contributed by atoms with Crippen LogP contribution in [-0.4, -0.2) is 0 Å². The lowest BCUT2D eigenvalue weighted by molar-refractivity contribution is 0.478. The Labute approximate surface area is 112 Å². The molecule has 0 saturated carbocycles. The highest BCUT2D eigenvalue weighted by Crippen LogP contribution is 2.32. The molecule has 2 aromatic rings. The van der Waals surface area contributed by atoms with Gasteiger partial charge in [0.25, 0.3) is 0 Å². The number of aryl methyl sites for hydroxylation is 2. The molecule has 0 spiro atoms. The van der Waals surface area contributed by atoms with Crippen LogP contribution in [-0.2, 0) is 6.54 Å². The average Bonchev–Trinajstić information content (AvgIpc) is 2.36. The van der Waals surface area contributed by atoms with Crippen LogP contribution in [0.4, 0.5) is 0 Å². The standard InChI is InChI=1S/C15H16ClNO/c1-10-3-5-13(16)15(7-10)18-14-6-4-12(9-17)8-11(14)2/h3-8H,9,17H2,1-2H3. The molecular weight excluding hydrogens is 246 g/mol. The van der Waals surface area contributed by atoms with Crippen molar-refractivity contribution in [3.63, 3.8) is 0 Å². The molecule has 2 aromatic carbocycles. The van der Waals surface area contributed by atoms with E-state index in [1.165, 1.54) is 0 Å². The molecular formula is C15H16ClNO. The van der Waals surface area contributed by atoms with Gasteiger partial charge >= 0.3 is 0 Å². The van der Waals surface area contributed by atoms with Crippen LogP contribution < -0.4 is 10.5 Å². The molecule has 18 heavy (non-hydrogen) atoms. The van der Waals surface area contributed by atoms with Gasteiger partial charge in [-0.15, -0.1) is 0 Å². The van der Waals surface area contributed by atoms with Crippen molar-refractivity contribution in [1.82, 2.24) is 0 Å². The Balaban J connectivity index is 2.31. The summed E-state index contributed by atoms with van der Waals surface area (Å²) < 4.78 is 5.85. The van der Waals surface area contributed by atoms with E-state index in [-0.39, 0.29) is 0 Å². The zero-order valence-corrected chi connectivity index (χ0v) is 11.3. The first-order valence-electron chi connectivity index (χ1n) is 5.84. The van der Waals surface area contributed by atoms with Crippen LogP contribution in [0.25, 0.3) is 0 Å². The molecule has 2 nitrogen and oxygen atoms in total. The van der Waals surface area contributed by atoms with E-state index in [1.807, 2.05) is 50.2 Å². The van der Waals surface area contributed by atoms with Crippen LogP contribution in [0.2, 0.25) is 5.02 Å². The van der Waals surface area contributed by atoms with Crippen molar-refractivity contribution in [2.45, 2.75) is 20.4 Å². The quantitative estimate of drug-likeness (QED) is 0.898. The molecule has 0 heterocycles. The summed E-state index contributed by atoms with van der Waals surface area (Å²) in [7, 11) is 0. The molecule has 0 unspecified atom stereocenters. The van der Waals surface area contributed by atoms with Crippen LogP contribution in [0, 0.1) is 13.8 Å². The van der Waals surface area contributed by atoms with Crippen LogP contribution >= 0.6 is 11.6 Å². The van der Waals surface area contributed by atoms with Gasteiger partial charge in [0.15, 0.2) is 0 Å². The van der Waals surface area contributed by atoms with Gasteiger partial charge in [-0.25, -0.2) is 0 Å². The number of hydrogen-bond acceptors (Lipinski definition) is 2. The summed E-state index contributed by atoms with van der Waals surface area (Å²) in [4.78, 5) is 0. The lowest BCUT2D eigenvalue weighted by Gasteiger charge is -2.11. The highest BCUT2D eigenvalue weighted by molar-refractivity contribution is 6.32. The van der Waals surface area contributed by atoms with Crippen molar-refractivity contribution >= 4 is 11.6 Å². The second kappa shape index (κ2) is 5.42. The second-order valence-corrected chi connectivity index (χ2v) is 4.75. The normalized spacial score (nSPS) is 10.4. The van der Waals surface area contributed by atoms with Crippen molar-refractivity contribution < 1.29 is 4.74 Å². The molecule has 0 atom stereocenters. The Morgan fingerprint density at radius 1 is 1.06 bits per heavy atom. The van der Waals surface area contributed by atoms with E-state index in [0.717, 1.165) is 22.4 Å². The van der Waals surface area contributed by atoms with Gasteiger partial charge in [0.05, 0.1) is 5.02 Å². The molecule has 2 rings (SSSR count). The lowest BCUT2D eigenvalue weighted by atomic mass is 10.1. The molecule has 0 bridgehead atoms. The second-order valence-electron chi connectivity index (χ2n) is 4.34. The number of ether oxygens (including phenoxy) is 1. The van der Waals surface area contributed by atoms with Crippen LogP contribution in [0.5, 0.6) is 11.5 Å². The molecule has 0 saturated heterocycles. The van der Waals surface area contributed by atoms with Gasteiger partial charge < -0.3 is 10.5 Å². The molecule has 0 fully saturated rings. The third-order valence-electron chi connectivity index (χ3n) is 2.78. The molecule has 0 aliphatic carbocycles. The van der Waals surface area contributed by atoms with Gasteiger partial charge in [0.1, 0.15) is 11.5 Å². The largest absolute Gasteiger partial charge is 0.456 e. The van der Waals surface area contributed by atoms with E-state index >= 15 is 0 Å². The van der Waals surface area contributed by atoms with Gasteiger partial charge in [0, 0.05) is 6.54 Å². The van der Waals surface area contributed by atoms with Gasteiger partial charge in [-0.2, -0.15) is 0 Å². The van der Waals surface area contributed by atoms with E-state index in [4.69, 9.17) is 22.1 Å². The molecule has 0 amide bonds. The lowest BCUT2D eigenvalue weighted by Crippen LogP contribution is -1.97. The minimum atomic E-state index is 0.534. The maximum Gasteiger partial charge on any atom is 0.146 e. The first kappa shape index (κ1) is 12.9. The summed E-state index contributed by atoms with van der Waals surface area (Å²) in [5.74, 6) is 1.49. The third kappa shape index (κ3) is 2.84. The fourth-order valence-corrected chi connectivity index (χ4v) is 1.92. The van der Waals surface area contributed by atoms with Crippen molar-refractivity contribution in [1.29, 1.82) is 0 Å². The number of halogens is 1. The summed E-state index contributed by atoms with van der Waals surface area (Å²) in [5, 5.41) is 0.614. The summed E-state index contributed by atoms with van der Waals surface area (Å²) in [6.07, 6.45) is 0. The van der Waals surface area contributed by atoms with Gasteiger partial charge in [-0.3, -0.25) is 0 Å². The smallest absolute Gasteiger partial charge is 0.146 e. The summed E-state index contributed by atoms with van der Waals surface area (Å²) >= 11 is 6.11. The Kier molecular flexibility index (Phi) is 3.90. The molecule has 94 valence electrons. The van der Waals surface area contributed by atoms with Gasteiger partial charge in [-0.05, 0) is 48.7 Å². The van der Waals surface area contributed by atoms with Gasteiger partial charge in [0.2, 0.25) is 0 Å². The first-order chi connectivity index (χ1) is 8.60. The van der Waals surface area contributed by atoms with E-state index < -0.39 is 0 Å². The number of nitrogens with two attached hydrogens (primary N) is 1. The average molecular weight is 262 g/mol. The van der Waals surface area contributed by atoms with Gasteiger partial charge in [-0.1, -0.05) is 29.8 Å². The van der Waals surface area contributed by atoms with Crippen LogP contribution in [0.1, 0.15) is 16.7 Å². The molecule has 0 aromatic heterocycles. The minimum Gasteiger partial charge on any atom is -0.456 e. The highest BCUT2D eigenvalue weighted by Gasteiger charge is 2.06. The van der Waals surface area contributed by atoms with E-state index in [1.54, 1.807) is 0 Å². The minimum absolute atomic E-state index is 0.534. The summed E-state index contributed by atoms with van der Waals surface area (Å²) in [5.41, 5.74) is 8.86. The molecule has 2 N–H and O–H groups in total. The molecule has 3 heteroatoms. The fourth-order valence-electron chi connectivity index (χ4n) is 1.76. The SMILES string of the molecule is Cc1ccc(Cl)c(Oc2ccc(CN)cc2C)c1. The maximum absolute atomic E-state index is 6.11. The Morgan fingerprint density at radius 3 is 2.50 bits per heavy atom. The van der Waals surface area contributed by atoms with E-state index in [0.29, 0.717) is 17.3 Å². The van der Waals surface area contributed by atoms with Crippen molar-refractivity contribution in [2.75, 3.05) is 0 Å². The fraction of sp³-hybridized carbons (Fsp3) is 0.200. The Hall–Kier alpha value is -1.51. The predicted molar refractivity (Wildman–Crippen MR) is 75.3 cm³/mol. The van der Waals surface area contributed by atoms with E-state index in [2.05, 4.69) is 0 Å². The number of rotatable bonds is 3. The Bertz CT molecular complexity index is 566. The topological polar surface area (TPSA) is 35.2 Å². The van der Waals surface area contributed by atoms with Crippen LogP contribution in [0.15, 0.2) is 36.4 Å². The van der Waals surface area contributed by atoms with E-state index in [9.17, 15) is 0 Å². The number of hydrogen-bond donors (Lipinski definition) is 1. The van der Waals surface area contributed by atoms with Crippen LogP contribution in [0.3, 0.4) is 0 Å². The monoisotopic (exact) mass is 261 g/mol. The molecule has 0 aliphatic heterocycles. The first-order valence-corrected chi connectivity index (χ1v) is 6.21. The predicted octanol–water partition coefficient (Wildman–Crippen LogP) is 4.21. The maximum atomic E-state index is 6.11. The van der Waals surface area contributed by atoms with Crippen molar-refractivity contribution in [3.8, 4) is 11.5 Å². The third-order valence-corrected chi connectivity index (χ3v) is 3.09. The molecule has 0 radical (unpaired) electrons. The zero-order valence-electron chi connectivity index (χ0n) is 10.5. The van der Waals surface area contributed by atoms with Crippen molar-refractivity contribution in [2.24, 2.45) is 5.73 Å². The highest BCUT2D eigenvalue weighted by atomic mass is 35.5. The summed E-state index contributed by atoms with van der Waals surface area (Å²) in [6, 6.07) is 11.6. The van der Waals surface area contributed by atoms with Crippen molar-refractivity contribution in [3.05, 3.63) is 58.1 Å². The molecule has 0 aliphatic rings. The number of benzene rings is 2. The Morgan fingerprint density at radius 2 is 1.83 bits per heavy atom.